The minimum Gasteiger partial charge on any atom is -0.441 e. The summed E-state index contributed by atoms with van der Waals surface area (Å²) < 4.78 is 5.95. The maximum atomic E-state index is 12.4. The number of ether oxygens (including phenoxy) is 1. The lowest BCUT2D eigenvalue weighted by molar-refractivity contribution is 0.0251. The largest absolute Gasteiger partial charge is 0.441 e. The molecule has 0 aromatic heterocycles. The summed E-state index contributed by atoms with van der Waals surface area (Å²) in [5.41, 5.74) is 2.59. The van der Waals surface area contributed by atoms with Gasteiger partial charge in [-0.25, -0.2) is 4.79 Å². The van der Waals surface area contributed by atoms with E-state index in [-0.39, 0.29) is 5.97 Å². The molecule has 1 heterocycles. The minimum atomic E-state index is -0.865. The first-order valence-corrected chi connectivity index (χ1v) is 10.4. The molecule has 3 nitrogen and oxygen atoms in total. The van der Waals surface area contributed by atoms with E-state index in [0.29, 0.717) is 5.56 Å². The summed E-state index contributed by atoms with van der Waals surface area (Å²) in [6, 6.07) is 27.4. The highest BCUT2D eigenvalue weighted by atomic mass is 16.6. The summed E-state index contributed by atoms with van der Waals surface area (Å²) in [7, 11) is 0. The fourth-order valence-corrected chi connectivity index (χ4v) is 3.64. The van der Waals surface area contributed by atoms with Crippen molar-refractivity contribution in [1.82, 2.24) is 5.32 Å². The third-order valence-electron chi connectivity index (χ3n) is 4.99. The number of fused-ring (bicyclic) bond motifs is 1. The molecule has 3 heteroatoms. The molecule has 3 aromatic rings. The zero-order valence-electron chi connectivity index (χ0n) is 17.2. The number of hydrogen-bond acceptors (Lipinski definition) is 3. The first kappa shape index (κ1) is 20.8. The average Bonchev–Trinajstić information content (AvgIpc) is 3.10. The van der Waals surface area contributed by atoms with Crippen LogP contribution in [0.25, 0.3) is 0 Å². The second-order valence-electron chi connectivity index (χ2n) is 7.10. The van der Waals surface area contributed by atoms with E-state index in [0.717, 1.165) is 16.7 Å². The van der Waals surface area contributed by atoms with Crippen LogP contribution in [0.4, 0.5) is 0 Å². The predicted molar refractivity (Wildman–Crippen MR) is 118 cm³/mol. The van der Waals surface area contributed by atoms with Gasteiger partial charge >= 0.3 is 5.97 Å². The molecule has 0 aliphatic carbocycles. The van der Waals surface area contributed by atoms with Crippen molar-refractivity contribution < 1.29 is 9.53 Å². The molecule has 1 N–H and O–H groups in total. The van der Waals surface area contributed by atoms with Crippen LogP contribution in [0.2, 0.25) is 0 Å². The van der Waals surface area contributed by atoms with Gasteiger partial charge in [-0.2, -0.15) is 0 Å². The number of carbonyl (C=O) groups excluding carboxylic acids is 1. The normalized spacial score (nSPS) is 13.8. The fraction of sp³-hybridized carbons (Fsp3) is 0.269. The minimum absolute atomic E-state index is 0.275. The number of hydrogen-bond donors (Lipinski definition) is 1. The number of benzene rings is 3. The van der Waals surface area contributed by atoms with Crippen LogP contribution in [-0.4, -0.2) is 19.1 Å². The molecule has 0 amide bonds. The number of rotatable bonds is 6. The smallest absolute Gasteiger partial charge is 0.340 e. The van der Waals surface area contributed by atoms with Crippen LogP contribution in [0.15, 0.2) is 84.9 Å². The van der Waals surface area contributed by atoms with Gasteiger partial charge in [0.2, 0.25) is 0 Å². The third kappa shape index (κ3) is 4.41. The lowest BCUT2D eigenvalue weighted by Gasteiger charge is -2.30. The highest BCUT2D eigenvalue weighted by molar-refractivity contribution is 5.96. The van der Waals surface area contributed by atoms with E-state index in [4.69, 9.17) is 4.74 Å². The summed E-state index contributed by atoms with van der Waals surface area (Å²) in [4.78, 5) is 12.4. The molecular formula is C26H29NO2. The van der Waals surface area contributed by atoms with Gasteiger partial charge in [-0.05, 0) is 32.0 Å². The topological polar surface area (TPSA) is 38.3 Å². The van der Waals surface area contributed by atoms with Gasteiger partial charge in [-0.15, -0.1) is 0 Å². The number of esters is 1. The maximum absolute atomic E-state index is 12.4. The van der Waals surface area contributed by atoms with Crippen molar-refractivity contribution in [2.45, 2.75) is 32.3 Å². The van der Waals surface area contributed by atoms with Gasteiger partial charge in [0.1, 0.15) is 0 Å². The summed E-state index contributed by atoms with van der Waals surface area (Å²) in [6.45, 7) is 6.72. The molecule has 0 fully saturated rings. The zero-order chi connectivity index (χ0) is 20.5. The van der Waals surface area contributed by atoms with Crippen LogP contribution in [-0.2, 0) is 10.3 Å². The lowest BCUT2D eigenvalue weighted by atomic mass is 9.80. The molecule has 1 aliphatic heterocycles. The van der Waals surface area contributed by atoms with Gasteiger partial charge in [-0.1, -0.05) is 92.7 Å². The van der Waals surface area contributed by atoms with Crippen LogP contribution in [0, 0.1) is 0 Å². The Bertz CT molecular complexity index is 863. The van der Waals surface area contributed by atoms with Gasteiger partial charge in [0.05, 0.1) is 5.56 Å². The van der Waals surface area contributed by atoms with E-state index in [2.05, 4.69) is 19.2 Å². The van der Waals surface area contributed by atoms with Crippen molar-refractivity contribution in [3.63, 3.8) is 0 Å². The average molecular weight is 388 g/mol. The Hall–Kier alpha value is -2.91. The molecule has 0 atom stereocenters. The van der Waals surface area contributed by atoms with E-state index in [9.17, 15) is 4.79 Å². The van der Waals surface area contributed by atoms with Gasteiger partial charge in [0.25, 0.3) is 0 Å². The third-order valence-corrected chi connectivity index (χ3v) is 4.99. The summed E-state index contributed by atoms with van der Waals surface area (Å²) in [5, 5.41) is 3.28. The Kier molecular flexibility index (Phi) is 7.20. The van der Waals surface area contributed by atoms with Crippen LogP contribution in [0.1, 0.15) is 53.7 Å². The van der Waals surface area contributed by atoms with E-state index in [1.165, 1.54) is 25.9 Å². The Morgan fingerprint density at radius 2 is 1.21 bits per heavy atom. The molecule has 0 radical (unpaired) electrons. The second kappa shape index (κ2) is 10.0. The summed E-state index contributed by atoms with van der Waals surface area (Å²) in [6.07, 6.45) is 2.50. The van der Waals surface area contributed by atoms with Crippen LogP contribution in [0.3, 0.4) is 0 Å². The van der Waals surface area contributed by atoms with Crippen LogP contribution >= 0.6 is 0 Å². The van der Waals surface area contributed by atoms with E-state index in [1.807, 2.05) is 84.9 Å². The van der Waals surface area contributed by atoms with Crippen molar-refractivity contribution in [3.05, 3.63) is 107 Å². The van der Waals surface area contributed by atoms with Gasteiger partial charge in [0, 0.05) is 16.7 Å². The van der Waals surface area contributed by atoms with E-state index in [1.54, 1.807) is 0 Å². The first-order valence-electron chi connectivity index (χ1n) is 10.4. The van der Waals surface area contributed by atoms with Crippen molar-refractivity contribution in [2.75, 3.05) is 13.1 Å². The van der Waals surface area contributed by atoms with Gasteiger partial charge in [-0.3, -0.25) is 0 Å². The Morgan fingerprint density at radius 3 is 1.72 bits per heavy atom. The molecule has 0 saturated heterocycles. The zero-order valence-corrected chi connectivity index (χ0v) is 17.2. The van der Waals surface area contributed by atoms with Crippen LogP contribution < -0.4 is 5.32 Å². The lowest BCUT2D eigenvalue weighted by Crippen LogP contribution is -2.29. The SMILES string of the molecule is CCCNCCC.O=C1OC(c2ccccc2)(c2ccccc2)c2ccccc21. The number of cyclic esters (lactones) is 1. The molecule has 0 unspecified atom stereocenters. The quantitative estimate of drug-likeness (QED) is 0.445. The fourth-order valence-electron chi connectivity index (χ4n) is 3.64. The highest BCUT2D eigenvalue weighted by Gasteiger charge is 2.48. The standard InChI is InChI=1S/C20H14O2.C6H15N/c21-19-17-13-7-8-14-18(17)20(22-19,15-9-3-1-4-10-15)16-11-5-2-6-12-16;1-3-5-7-6-4-2/h1-14H;7H,3-6H2,1-2H3. The molecule has 3 aromatic carbocycles. The second-order valence-corrected chi connectivity index (χ2v) is 7.10. The Balaban J connectivity index is 0.000000298. The van der Waals surface area contributed by atoms with Gasteiger partial charge < -0.3 is 10.1 Å². The van der Waals surface area contributed by atoms with Gasteiger partial charge in [0.15, 0.2) is 5.60 Å². The maximum Gasteiger partial charge on any atom is 0.340 e. The number of nitrogens with one attached hydrogen (secondary N) is 1. The molecule has 4 rings (SSSR count). The monoisotopic (exact) mass is 387 g/mol. The molecule has 29 heavy (non-hydrogen) atoms. The molecule has 1 aliphatic rings. The van der Waals surface area contributed by atoms with E-state index >= 15 is 0 Å². The molecule has 0 spiro atoms. The van der Waals surface area contributed by atoms with Crippen molar-refractivity contribution in [2.24, 2.45) is 0 Å². The molecule has 0 saturated carbocycles. The molecular weight excluding hydrogens is 358 g/mol. The highest BCUT2D eigenvalue weighted by Crippen LogP contribution is 2.46. The van der Waals surface area contributed by atoms with Crippen molar-refractivity contribution in [1.29, 1.82) is 0 Å². The van der Waals surface area contributed by atoms with E-state index < -0.39 is 5.60 Å². The Morgan fingerprint density at radius 1 is 0.724 bits per heavy atom. The predicted octanol–water partition coefficient (Wildman–Crippen LogP) is 5.54. The van der Waals surface area contributed by atoms with Crippen molar-refractivity contribution >= 4 is 5.97 Å². The number of carbonyl (C=O) groups is 1. The summed E-state index contributed by atoms with van der Waals surface area (Å²) in [5.74, 6) is -0.275. The molecule has 0 bridgehead atoms. The first-order chi connectivity index (χ1) is 14.2. The molecule has 150 valence electrons. The Labute approximate surface area is 173 Å². The van der Waals surface area contributed by atoms with Crippen LogP contribution in [0.5, 0.6) is 0 Å². The summed E-state index contributed by atoms with van der Waals surface area (Å²) >= 11 is 0. The van der Waals surface area contributed by atoms with Crippen molar-refractivity contribution in [3.8, 4) is 0 Å².